The largest absolute Gasteiger partial charge is 0.490 e. The number of urea groups is 1. The standard InChI is InChI=1S/C27H27N3O5/c1-2-34-24-15-18(12-13-23(24)35-17-20-9-7-6-8-19(20)16-28)14-22-25(31)29-27(33)30(26(22)32)21-10-4-3-5-11-21/h6-9,12-15,21H,2-5,10-11,17H2,1H3,(H,29,31,33). The Kier molecular flexibility index (Phi) is 7.46. The van der Waals surface area contributed by atoms with Crippen molar-refractivity contribution in [3.63, 3.8) is 0 Å². The van der Waals surface area contributed by atoms with E-state index in [0.29, 0.717) is 29.2 Å². The summed E-state index contributed by atoms with van der Waals surface area (Å²) in [6.07, 6.45) is 5.95. The van der Waals surface area contributed by atoms with Gasteiger partial charge in [-0.1, -0.05) is 43.5 Å². The average molecular weight is 474 g/mol. The fourth-order valence-corrected chi connectivity index (χ4v) is 4.42. The monoisotopic (exact) mass is 473 g/mol. The molecule has 4 amide bonds. The fraction of sp³-hybridized carbons (Fsp3) is 0.333. The lowest BCUT2D eigenvalue weighted by atomic mass is 9.93. The van der Waals surface area contributed by atoms with Crippen LogP contribution in [-0.4, -0.2) is 35.4 Å². The molecule has 35 heavy (non-hydrogen) atoms. The highest BCUT2D eigenvalue weighted by Crippen LogP contribution is 2.31. The van der Waals surface area contributed by atoms with E-state index in [4.69, 9.17) is 9.47 Å². The predicted molar refractivity (Wildman–Crippen MR) is 128 cm³/mol. The van der Waals surface area contributed by atoms with Crippen LogP contribution < -0.4 is 14.8 Å². The van der Waals surface area contributed by atoms with Crippen LogP contribution in [0.2, 0.25) is 0 Å². The molecule has 4 rings (SSSR count). The zero-order valence-corrected chi connectivity index (χ0v) is 19.6. The van der Waals surface area contributed by atoms with Gasteiger partial charge in [-0.3, -0.25) is 19.8 Å². The van der Waals surface area contributed by atoms with Crippen molar-refractivity contribution in [3.05, 3.63) is 64.7 Å². The van der Waals surface area contributed by atoms with Crippen molar-refractivity contribution in [1.29, 1.82) is 5.26 Å². The minimum Gasteiger partial charge on any atom is -0.490 e. The first-order chi connectivity index (χ1) is 17.0. The Hall–Kier alpha value is -4.12. The molecule has 2 aliphatic rings. The number of nitriles is 1. The van der Waals surface area contributed by atoms with Crippen LogP contribution in [0.4, 0.5) is 4.79 Å². The third-order valence-corrected chi connectivity index (χ3v) is 6.17. The number of nitrogens with one attached hydrogen (secondary N) is 1. The molecular formula is C27H27N3O5. The first kappa shape index (κ1) is 24.0. The Labute approximate surface area is 204 Å². The van der Waals surface area contributed by atoms with Crippen LogP contribution >= 0.6 is 0 Å². The molecule has 0 radical (unpaired) electrons. The van der Waals surface area contributed by atoms with E-state index in [9.17, 15) is 19.6 Å². The molecule has 0 atom stereocenters. The van der Waals surface area contributed by atoms with E-state index in [1.165, 1.54) is 11.0 Å². The Morgan fingerprint density at radius 1 is 1.06 bits per heavy atom. The summed E-state index contributed by atoms with van der Waals surface area (Å²) in [5.41, 5.74) is 1.76. The molecule has 1 aliphatic carbocycles. The molecule has 1 saturated heterocycles. The summed E-state index contributed by atoms with van der Waals surface area (Å²) in [7, 11) is 0. The first-order valence-electron chi connectivity index (χ1n) is 11.8. The molecule has 2 aromatic carbocycles. The topological polar surface area (TPSA) is 109 Å². The molecule has 1 N–H and O–H groups in total. The lowest BCUT2D eigenvalue weighted by molar-refractivity contribution is -0.132. The number of imide groups is 2. The minimum atomic E-state index is -0.710. The number of hydrogen-bond acceptors (Lipinski definition) is 6. The van der Waals surface area contributed by atoms with E-state index in [-0.39, 0.29) is 18.2 Å². The van der Waals surface area contributed by atoms with Crippen LogP contribution in [-0.2, 0) is 16.2 Å². The Bertz CT molecular complexity index is 1210. The molecule has 0 spiro atoms. The second-order valence-electron chi connectivity index (χ2n) is 8.48. The summed E-state index contributed by atoms with van der Waals surface area (Å²) in [6.45, 7) is 2.41. The lowest BCUT2D eigenvalue weighted by Crippen LogP contribution is -2.58. The maximum atomic E-state index is 13.1. The molecule has 0 bridgehead atoms. The molecule has 1 saturated carbocycles. The van der Waals surface area contributed by atoms with Gasteiger partial charge in [0.05, 0.1) is 18.2 Å². The highest BCUT2D eigenvalue weighted by atomic mass is 16.5. The van der Waals surface area contributed by atoms with E-state index in [2.05, 4.69) is 11.4 Å². The number of carbonyl (C=O) groups is 3. The van der Waals surface area contributed by atoms with Crippen molar-refractivity contribution in [2.45, 2.75) is 51.7 Å². The van der Waals surface area contributed by atoms with Crippen LogP contribution in [0, 0.1) is 11.3 Å². The molecule has 0 unspecified atom stereocenters. The van der Waals surface area contributed by atoms with E-state index in [0.717, 1.165) is 37.7 Å². The summed E-state index contributed by atoms with van der Waals surface area (Å²) in [4.78, 5) is 39.3. The number of hydrogen-bond donors (Lipinski definition) is 1. The number of ether oxygens (including phenoxy) is 2. The van der Waals surface area contributed by atoms with Gasteiger partial charge in [-0.2, -0.15) is 5.26 Å². The molecule has 1 heterocycles. The first-order valence-corrected chi connectivity index (χ1v) is 11.8. The van der Waals surface area contributed by atoms with Crippen LogP contribution in [0.1, 0.15) is 55.7 Å². The van der Waals surface area contributed by atoms with E-state index < -0.39 is 17.8 Å². The maximum absolute atomic E-state index is 13.1. The lowest BCUT2D eigenvalue weighted by Gasteiger charge is -2.35. The number of carbonyl (C=O) groups excluding carboxylic acids is 3. The van der Waals surface area contributed by atoms with Gasteiger partial charge in [-0.05, 0) is 49.6 Å². The molecule has 0 aromatic heterocycles. The van der Waals surface area contributed by atoms with E-state index in [1.807, 2.05) is 19.1 Å². The van der Waals surface area contributed by atoms with E-state index in [1.54, 1.807) is 30.3 Å². The van der Waals surface area contributed by atoms with Crippen LogP contribution in [0.3, 0.4) is 0 Å². The zero-order chi connectivity index (χ0) is 24.8. The van der Waals surface area contributed by atoms with Gasteiger partial charge >= 0.3 is 6.03 Å². The molecule has 1 aliphatic heterocycles. The summed E-state index contributed by atoms with van der Waals surface area (Å²) < 4.78 is 11.6. The zero-order valence-electron chi connectivity index (χ0n) is 19.6. The second-order valence-corrected chi connectivity index (χ2v) is 8.48. The number of barbiturate groups is 1. The molecule has 2 aromatic rings. The average Bonchev–Trinajstić information content (AvgIpc) is 2.87. The van der Waals surface area contributed by atoms with Crippen LogP contribution in [0.25, 0.3) is 6.08 Å². The van der Waals surface area contributed by atoms with Gasteiger partial charge in [-0.15, -0.1) is 0 Å². The second kappa shape index (κ2) is 10.9. The van der Waals surface area contributed by atoms with Crippen molar-refractivity contribution in [3.8, 4) is 17.6 Å². The van der Waals surface area contributed by atoms with Gasteiger partial charge in [0, 0.05) is 11.6 Å². The summed E-state index contributed by atoms with van der Waals surface area (Å²) in [5.74, 6) is -0.365. The predicted octanol–water partition coefficient (Wildman–Crippen LogP) is 4.33. The number of benzene rings is 2. The van der Waals surface area contributed by atoms with Gasteiger partial charge in [0.25, 0.3) is 11.8 Å². The molecule has 8 nitrogen and oxygen atoms in total. The Morgan fingerprint density at radius 2 is 1.83 bits per heavy atom. The van der Waals surface area contributed by atoms with Gasteiger partial charge in [0.15, 0.2) is 11.5 Å². The third-order valence-electron chi connectivity index (χ3n) is 6.17. The quantitative estimate of drug-likeness (QED) is 0.474. The van der Waals surface area contributed by atoms with Crippen molar-refractivity contribution in [1.82, 2.24) is 10.2 Å². The van der Waals surface area contributed by atoms with Gasteiger partial charge in [0.2, 0.25) is 0 Å². The van der Waals surface area contributed by atoms with Crippen molar-refractivity contribution in [2.75, 3.05) is 6.61 Å². The smallest absolute Gasteiger partial charge is 0.331 e. The Balaban J connectivity index is 1.58. The van der Waals surface area contributed by atoms with Gasteiger partial charge in [-0.25, -0.2) is 4.79 Å². The number of nitrogens with zero attached hydrogens (tertiary/aromatic N) is 2. The summed E-state index contributed by atoms with van der Waals surface area (Å²) in [6, 6.07) is 13.6. The van der Waals surface area contributed by atoms with Crippen LogP contribution in [0.15, 0.2) is 48.0 Å². The molecule has 2 fully saturated rings. The number of rotatable bonds is 7. The van der Waals surface area contributed by atoms with Gasteiger partial charge in [0.1, 0.15) is 12.2 Å². The van der Waals surface area contributed by atoms with E-state index >= 15 is 0 Å². The Morgan fingerprint density at radius 3 is 2.57 bits per heavy atom. The fourth-order valence-electron chi connectivity index (χ4n) is 4.42. The molecule has 8 heteroatoms. The van der Waals surface area contributed by atoms with Crippen molar-refractivity contribution in [2.24, 2.45) is 0 Å². The van der Waals surface area contributed by atoms with Crippen LogP contribution in [0.5, 0.6) is 11.5 Å². The summed E-state index contributed by atoms with van der Waals surface area (Å²) in [5, 5.41) is 11.6. The minimum absolute atomic E-state index is 0.0887. The normalized spacial score (nSPS) is 17.8. The van der Waals surface area contributed by atoms with Crippen molar-refractivity contribution >= 4 is 23.9 Å². The highest BCUT2D eigenvalue weighted by molar-refractivity contribution is 6.31. The maximum Gasteiger partial charge on any atom is 0.331 e. The number of amides is 4. The molecule has 180 valence electrons. The highest BCUT2D eigenvalue weighted by Gasteiger charge is 2.40. The van der Waals surface area contributed by atoms with Gasteiger partial charge < -0.3 is 9.47 Å². The third kappa shape index (κ3) is 5.35. The van der Waals surface area contributed by atoms with Crippen molar-refractivity contribution < 1.29 is 23.9 Å². The summed E-state index contributed by atoms with van der Waals surface area (Å²) >= 11 is 0. The molecular weight excluding hydrogens is 446 g/mol. The SMILES string of the molecule is CCOc1cc(C=C2C(=O)NC(=O)N(C3CCCCC3)C2=O)ccc1OCc1ccccc1C#N.